The summed E-state index contributed by atoms with van der Waals surface area (Å²) in [4.78, 5) is 15.0. The number of benzene rings is 1. The summed E-state index contributed by atoms with van der Waals surface area (Å²) in [7, 11) is 0. The Morgan fingerprint density at radius 3 is 3.00 bits per heavy atom. The molecule has 0 saturated carbocycles. The van der Waals surface area contributed by atoms with Gasteiger partial charge in [0.25, 0.3) is 0 Å². The van der Waals surface area contributed by atoms with Crippen LogP contribution in [0.25, 0.3) is 10.9 Å². The summed E-state index contributed by atoms with van der Waals surface area (Å²) in [5.74, 6) is 2.22. The second-order valence-corrected chi connectivity index (χ2v) is 4.57. The van der Waals surface area contributed by atoms with Crippen LogP contribution in [0.3, 0.4) is 0 Å². The molecule has 0 aliphatic rings. The second kappa shape index (κ2) is 5.59. The van der Waals surface area contributed by atoms with E-state index in [0.29, 0.717) is 6.42 Å². The van der Waals surface area contributed by atoms with E-state index >= 15 is 0 Å². The summed E-state index contributed by atoms with van der Waals surface area (Å²) in [6, 6.07) is 7.02. The number of aromatic nitrogens is 1. The van der Waals surface area contributed by atoms with Gasteiger partial charge in [0.2, 0.25) is 5.91 Å². The van der Waals surface area contributed by atoms with E-state index in [2.05, 4.69) is 16.2 Å². The Morgan fingerprint density at radius 1 is 1.53 bits per heavy atom. The lowest BCUT2D eigenvalue weighted by Gasteiger charge is -2.13. The van der Waals surface area contributed by atoms with Gasteiger partial charge in [0.15, 0.2) is 0 Å². The van der Waals surface area contributed by atoms with E-state index in [0.717, 1.165) is 16.5 Å². The summed E-state index contributed by atoms with van der Waals surface area (Å²) < 4.78 is 0. The Kier molecular flexibility index (Phi) is 3.88. The fraction of sp³-hybridized carbons (Fsp3) is 0.267. The number of aromatic amines is 1. The van der Waals surface area contributed by atoms with Crippen LogP contribution in [0.4, 0.5) is 0 Å². The van der Waals surface area contributed by atoms with Gasteiger partial charge in [-0.1, -0.05) is 24.1 Å². The van der Waals surface area contributed by atoms with Crippen LogP contribution >= 0.6 is 0 Å². The molecule has 0 saturated heterocycles. The van der Waals surface area contributed by atoms with Gasteiger partial charge in [0, 0.05) is 17.1 Å². The first-order valence-corrected chi connectivity index (χ1v) is 6.19. The van der Waals surface area contributed by atoms with Gasteiger partial charge in [-0.3, -0.25) is 4.79 Å². The Labute approximate surface area is 112 Å². The molecule has 2 atom stereocenters. The summed E-state index contributed by atoms with van der Waals surface area (Å²) >= 11 is 0. The van der Waals surface area contributed by atoms with E-state index in [1.54, 1.807) is 6.92 Å². The number of nitrogens with two attached hydrogens (primary N) is 1. The molecule has 19 heavy (non-hydrogen) atoms. The zero-order chi connectivity index (χ0) is 13.8. The summed E-state index contributed by atoms with van der Waals surface area (Å²) in [5, 5.41) is 3.77. The van der Waals surface area contributed by atoms with E-state index in [9.17, 15) is 4.79 Å². The molecular formula is C15H17N3O. The fourth-order valence-electron chi connectivity index (χ4n) is 1.99. The molecule has 1 unspecified atom stereocenters. The first-order valence-electron chi connectivity index (χ1n) is 6.19. The number of rotatable bonds is 4. The normalized spacial score (nSPS) is 13.7. The molecular weight excluding hydrogens is 238 g/mol. The van der Waals surface area contributed by atoms with Crippen LogP contribution in [0, 0.1) is 12.3 Å². The van der Waals surface area contributed by atoms with E-state index in [1.807, 2.05) is 30.5 Å². The van der Waals surface area contributed by atoms with Crippen molar-refractivity contribution >= 4 is 16.8 Å². The molecule has 0 bridgehead atoms. The van der Waals surface area contributed by atoms with Crippen molar-refractivity contribution in [1.82, 2.24) is 10.3 Å². The average Bonchev–Trinajstić information content (AvgIpc) is 2.82. The summed E-state index contributed by atoms with van der Waals surface area (Å²) in [6.45, 7) is 1.75. The number of terminal acetylenes is 1. The number of hydrogen-bond acceptors (Lipinski definition) is 2. The monoisotopic (exact) mass is 255 g/mol. The van der Waals surface area contributed by atoms with Crippen LogP contribution in [-0.2, 0) is 11.2 Å². The third-order valence-electron chi connectivity index (χ3n) is 3.06. The SMILES string of the molecule is C#CC(C)NC(=O)[C@H](N)Cc1c[nH]c2ccccc12. The average molecular weight is 255 g/mol. The Balaban J connectivity index is 2.09. The van der Waals surface area contributed by atoms with Crippen molar-refractivity contribution in [2.75, 3.05) is 0 Å². The minimum Gasteiger partial charge on any atom is -0.361 e. The molecule has 4 heteroatoms. The van der Waals surface area contributed by atoms with Crippen LogP contribution in [0.1, 0.15) is 12.5 Å². The van der Waals surface area contributed by atoms with Gasteiger partial charge in [-0.05, 0) is 25.0 Å². The van der Waals surface area contributed by atoms with Gasteiger partial charge < -0.3 is 16.0 Å². The van der Waals surface area contributed by atoms with Crippen LogP contribution in [0.15, 0.2) is 30.5 Å². The van der Waals surface area contributed by atoms with E-state index in [4.69, 9.17) is 12.2 Å². The van der Waals surface area contributed by atoms with E-state index < -0.39 is 6.04 Å². The molecule has 1 aromatic carbocycles. The van der Waals surface area contributed by atoms with Gasteiger partial charge in [-0.25, -0.2) is 0 Å². The van der Waals surface area contributed by atoms with Crippen molar-refractivity contribution < 1.29 is 4.79 Å². The lowest BCUT2D eigenvalue weighted by molar-refractivity contribution is -0.122. The number of para-hydroxylation sites is 1. The number of amides is 1. The topological polar surface area (TPSA) is 70.9 Å². The maximum Gasteiger partial charge on any atom is 0.238 e. The van der Waals surface area contributed by atoms with Gasteiger partial charge >= 0.3 is 0 Å². The van der Waals surface area contributed by atoms with Crippen molar-refractivity contribution in [3.8, 4) is 12.3 Å². The molecule has 1 aromatic heterocycles. The Bertz CT molecular complexity index is 624. The van der Waals surface area contributed by atoms with Crippen molar-refractivity contribution in [1.29, 1.82) is 0 Å². The highest BCUT2D eigenvalue weighted by molar-refractivity contribution is 5.86. The number of carbonyl (C=O) groups is 1. The van der Waals surface area contributed by atoms with Crippen molar-refractivity contribution in [3.63, 3.8) is 0 Å². The number of fused-ring (bicyclic) bond motifs is 1. The maximum absolute atomic E-state index is 11.8. The zero-order valence-corrected chi connectivity index (χ0v) is 10.8. The van der Waals surface area contributed by atoms with Crippen LogP contribution in [0.2, 0.25) is 0 Å². The van der Waals surface area contributed by atoms with Gasteiger partial charge in [-0.2, -0.15) is 0 Å². The Morgan fingerprint density at radius 2 is 2.26 bits per heavy atom. The zero-order valence-electron chi connectivity index (χ0n) is 10.8. The minimum absolute atomic E-state index is 0.226. The molecule has 0 fully saturated rings. The molecule has 0 radical (unpaired) electrons. The highest BCUT2D eigenvalue weighted by Gasteiger charge is 2.17. The first kappa shape index (κ1) is 13.2. The van der Waals surface area contributed by atoms with Gasteiger partial charge in [-0.15, -0.1) is 6.42 Å². The van der Waals surface area contributed by atoms with E-state index in [1.165, 1.54) is 0 Å². The predicted octanol–water partition coefficient (Wildman–Crippen LogP) is 1.18. The Hall–Kier alpha value is -2.25. The molecule has 4 nitrogen and oxygen atoms in total. The smallest absolute Gasteiger partial charge is 0.238 e. The molecule has 2 aromatic rings. The lowest BCUT2D eigenvalue weighted by Crippen LogP contribution is -2.45. The number of H-pyrrole nitrogens is 1. The number of hydrogen-bond donors (Lipinski definition) is 3. The molecule has 1 heterocycles. The van der Waals surface area contributed by atoms with Crippen LogP contribution < -0.4 is 11.1 Å². The second-order valence-electron chi connectivity index (χ2n) is 4.57. The van der Waals surface area contributed by atoms with Crippen LogP contribution in [-0.4, -0.2) is 23.0 Å². The standard InChI is InChI=1S/C15H17N3O/c1-3-10(2)18-15(19)13(16)8-11-9-17-14-7-5-4-6-12(11)14/h1,4-7,9-10,13,17H,8,16H2,2H3,(H,18,19)/t10?,13-/m1/s1. The van der Waals surface area contributed by atoms with Crippen molar-refractivity contribution in [2.24, 2.45) is 5.73 Å². The minimum atomic E-state index is -0.602. The molecule has 98 valence electrons. The van der Waals surface area contributed by atoms with Crippen molar-refractivity contribution in [2.45, 2.75) is 25.4 Å². The highest BCUT2D eigenvalue weighted by Crippen LogP contribution is 2.18. The quantitative estimate of drug-likeness (QED) is 0.718. The molecule has 0 aliphatic heterocycles. The number of nitrogens with one attached hydrogen (secondary N) is 2. The maximum atomic E-state index is 11.8. The van der Waals surface area contributed by atoms with Crippen LogP contribution in [0.5, 0.6) is 0 Å². The van der Waals surface area contributed by atoms with E-state index in [-0.39, 0.29) is 11.9 Å². The predicted molar refractivity (Wildman–Crippen MR) is 76.4 cm³/mol. The molecule has 4 N–H and O–H groups in total. The first-order chi connectivity index (χ1) is 9.11. The third kappa shape index (κ3) is 2.95. The summed E-state index contributed by atoms with van der Waals surface area (Å²) in [5.41, 5.74) is 7.99. The largest absolute Gasteiger partial charge is 0.361 e. The lowest BCUT2D eigenvalue weighted by atomic mass is 10.0. The molecule has 1 amide bonds. The highest BCUT2D eigenvalue weighted by atomic mass is 16.2. The third-order valence-corrected chi connectivity index (χ3v) is 3.06. The number of carbonyl (C=O) groups excluding carboxylic acids is 1. The summed E-state index contributed by atoms with van der Waals surface area (Å²) in [6.07, 6.45) is 7.59. The molecule has 0 aliphatic carbocycles. The van der Waals surface area contributed by atoms with Crippen molar-refractivity contribution in [3.05, 3.63) is 36.0 Å². The van der Waals surface area contributed by atoms with Gasteiger partial charge in [0.1, 0.15) is 0 Å². The van der Waals surface area contributed by atoms with Gasteiger partial charge in [0.05, 0.1) is 12.1 Å². The molecule has 2 rings (SSSR count). The molecule has 0 spiro atoms. The fourth-order valence-corrected chi connectivity index (χ4v) is 1.99.